The number of pyridine rings is 1. The van der Waals surface area contributed by atoms with Gasteiger partial charge in [-0.05, 0) is 55.8 Å². The zero-order valence-corrected chi connectivity index (χ0v) is 18.8. The second-order valence-electron chi connectivity index (χ2n) is 7.95. The highest BCUT2D eigenvalue weighted by Crippen LogP contribution is 2.34. The van der Waals surface area contributed by atoms with Crippen LogP contribution >= 0.6 is 0 Å². The van der Waals surface area contributed by atoms with Crippen LogP contribution in [-0.2, 0) is 11.2 Å². The molecule has 0 saturated heterocycles. The van der Waals surface area contributed by atoms with Gasteiger partial charge in [-0.15, -0.1) is 5.10 Å². The van der Waals surface area contributed by atoms with E-state index in [0.29, 0.717) is 28.4 Å². The minimum absolute atomic E-state index is 0.0392. The quantitative estimate of drug-likeness (QED) is 0.330. The first-order valence-corrected chi connectivity index (χ1v) is 10.8. The van der Waals surface area contributed by atoms with Gasteiger partial charge in [0.1, 0.15) is 24.1 Å². The second kappa shape index (κ2) is 9.01. The first kappa shape index (κ1) is 22.3. The van der Waals surface area contributed by atoms with Crippen LogP contribution in [0, 0.1) is 13.8 Å². The number of benzene rings is 1. The van der Waals surface area contributed by atoms with Crippen LogP contribution in [-0.4, -0.2) is 41.2 Å². The van der Waals surface area contributed by atoms with Crippen molar-refractivity contribution in [3.05, 3.63) is 71.4 Å². The van der Waals surface area contributed by atoms with Gasteiger partial charge in [-0.25, -0.2) is 18.7 Å². The van der Waals surface area contributed by atoms with Crippen molar-refractivity contribution < 1.29 is 13.6 Å². The lowest BCUT2D eigenvalue weighted by Gasteiger charge is -2.12. The fourth-order valence-corrected chi connectivity index (χ4v) is 3.88. The van der Waals surface area contributed by atoms with Crippen molar-refractivity contribution in [2.24, 2.45) is 0 Å². The van der Waals surface area contributed by atoms with Crippen LogP contribution in [0.1, 0.15) is 29.1 Å². The monoisotopic (exact) mass is 474 g/mol. The van der Waals surface area contributed by atoms with Gasteiger partial charge in [-0.3, -0.25) is 9.67 Å². The Labute approximate surface area is 198 Å². The molecule has 1 aromatic carbocycles. The van der Waals surface area contributed by atoms with Gasteiger partial charge in [0.15, 0.2) is 5.82 Å². The van der Waals surface area contributed by atoms with Crippen LogP contribution < -0.4 is 5.32 Å². The third-order valence-corrected chi connectivity index (χ3v) is 5.56. The topological polar surface area (TPSA) is 114 Å². The van der Waals surface area contributed by atoms with Gasteiger partial charge >= 0.3 is 0 Å². The third kappa shape index (κ3) is 4.23. The third-order valence-electron chi connectivity index (χ3n) is 5.56. The van der Waals surface area contributed by atoms with Crippen LogP contribution in [0.5, 0.6) is 0 Å². The fraction of sp³-hybridized carbons (Fsp3) is 0.167. The average Bonchev–Trinajstić information content (AvgIpc) is 3.44. The Balaban J connectivity index is 1.56. The van der Waals surface area contributed by atoms with Gasteiger partial charge < -0.3 is 10.1 Å². The number of nitrogens with one attached hydrogen (secondary N) is 2. The molecule has 0 atom stereocenters. The number of aromatic nitrogens is 7. The molecule has 5 aromatic rings. The van der Waals surface area contributed by atoms with E-state index < -0.39 is 6.43 Å². The molecule has 0 fully saturated rings. The van der Waals surface area contributed by atoms with Crippen molar-refractivity contribution in [3.63, 3.8) is 0 Å². The first-order valence-electron chi connectivity index (χ1n) is 10.8. The van der Waals surface area contributed by atoms with E-state index in [9.17, 15) is 13.6 Å². The van der Waals surface area contributed by atoms with E-state index in [2.05, 4.69) is 35.7 Å². The van der Waals surface area contributed by atoms with Crippen LogP contribution in [0.3, 0.4) is 0 Å². The minimum Gasteiger partial charge on any atom is -0.339 e. The lowest BCUT2D eigenvalue weighted by atomic mass is 10.0. The molecule has 35 heavy (non-hydrogen) atoms. The van der Waals surface area contributed by atoms with Gasteiger partial charge in [-0.2, -0.15) is 10.2 Å². The Morgan fingerprint density at radius 1 is 1.11 bits per heavy atom. The number of halogens is 2. The lowest BCUT2D eigenvalue weighted by molar-refractivity contribution is -0.107. The van der Waals surface area contributed by atoms with Crippen molar-refractivity contribution in [1.82, 2.24) is 34.9 Å². The highest BCUT2D eigenvalue weighted by Gasteiger charge is 2.23. The van der Waals surface area contributed by atoms with Crippen molar-refractivity contribution in [2.75, 3.05) is 5.32 Å². The van der Waals surface area contributed by atoms with Crippen molar-refractivity contribution >= 4 is 28.8 Å². The number of aryl methyl sites for hydroxylation is 2. The number of imidazole rings is 1. The fourth-order valence-electron chi connectivity index (χ4n) is 3.88. The Hall–Kier alpha value is -4.54. The van der Waals surface area contributed by atoms with Crippen LogP contribution in [0.2, 0.25) is 0 Å². The maximum atomic E-state index is 13.6. The number of nitrogens with zero attached hydrogens (tertiary/aromatic N) is 6. The minimum atomic E-state index is -2.76. The van der Waals surface area contributed by atoms with E-state index in [1.54, 1.807) is 30.0 Å². The van der Waals surface area contributed by atoms with Crippen LogP contribution in [0.25, 0.3) is 28.1 Å². The predicted octanol–water partition coefficient (Wildman–Crippen LogP) is 4.64. The molecule has 0 unspecified atom stereocenters. The van der Waals surface area contributed by atoms with E-state index in [1.165, 1.54) is 0 Å². The van der Waals surface area contributed by atoms with E-state index in [-0.39, 0.29) is 23.4 Å². The highest BCUT2D eigenvalue weighted by molar-refractivity contribution is 5.82. The molecule has 11 heteroatoms. The summed E-state index contributed by atoms with van der Waals surface area (Å²) in [5, 5.41) is 17.7. The summed E-state index contributed by atoms with van der Waals surface area (Å²) >= 11 is 0. The second-order valence-corrected chi connectivity index (χ2v) is 7.95. The number of aldehydes is 1. The van der Waals surface area contributed by atoms with Crippen LogP contribution in [0.15, 0.2) is 48.8 Å². The molecule has 176 valence electrons. The van der Waals surface area contributed by atoms with E-state index in [1.807, 2.05) is 37.3 Å². The smallest absolute Gasteiger partial charge is 0.280 e. The molecule has 5 rings (SSSR count). The van der Waals surface area contributed by atoms with Crippen molar-refractivity contribution in [2.45, 2.75) is 26.7 Å². The average molecular weight is 474 g/mol. The van der Waals surface area contributed by atoms with Gasteiger partial charge in [-0.1, -0.05) is 6.07 Å². The lowest BCUT2D eigenvalue weighted by Crippen LogP contribution is -2.03. The Morgan fingerprint density at radius 2 is 1.97 bits per heavy atom. The number of H-pyrrole nitrogens is 1. The molecular formula is C24H20F2N8O. The molecule has 0 saturated carbocycles. The summed E-state index contributed by atoms with van der Waals surface area (Å²) in [6.07, 6.45) is -0.393. The maximum absolute atomic E-state index is 13.6. The number of hydrogen-bond donors (Lipinski definition) is 2. The molecule has 4 heterocycles. The highest BCUT2D eigenvalue weighted by atomic mass is 19.3. The summed E-state index contributed by atoms with van der Waals surface area (Å²) in [7, 11) is 0. The molecule has 9 nitrogen and oxygen atoms in total. The normalized spacial score (nSPS) is 11.3. The zero-order valence-electron chi connectivity index (χ0n) is 18.8. The summed E-state index contributed by atoms with van der Waals surface area (Å²) in [6.45, 7) is 3.49. The molecule has 0 radical (unpaired) electrons. The summed E-state index contributed by atoms with van der Waals surface area (Å²) in [5.41, 5.74) is 4.14. The number of alkyl halides is 2. The molecule has 0 aliphatic heterocycles. The number of fused-ring (bicyclic) bond motifs is 1. The largest absolute Gasteiger partial charge is 0.339 e. The molecule has 0 bridgehead atoms. The molecule has 2 N–H and O–H groups in total. The standard InChI is InChI=1S/C24H20F2N8O/c1-13-3-7-19(32-30-13)28-16-5-6-18-17(11-16)27-12-34(18)20-8-4-15(9-10-35)22(29-20)21-14(2)31-33-23(21)24(25)26/h3-8,10-12,24H,9H2,1-2H3,(H,28,32)(H,31,33). The number of aromatic amines is 1. The zero-order chi connectivity index (χ0) is 24.5. The molecule has 0 aliphatic rings. The molecular weight excluding hydrogens is 454 g/mol. The van der Waals surface area contributed by atoms with E-state index in [0.717, 1.165) is 23.2 Å². The van der Waals surface area contributed by atoms with Gasteiger partial charge in [0.05, 0.1) is 33.7 Å². The van der Waals surface area contributed by atoms with Gasteiger partial charge in [0.25, 0.3) is 6.43 Å². The number of rotatable bonds is 7. The Bertz CT molecular complexity index is 1520. The number of hydrogen-bond acceptors (Lipinski definition) is 7. The molecule has 0 amide bonds. The van der Waals surface area contributed by atoms with Crippen molar-refractivity contribution in [1.29, 1.82) is 0 Å². The van der Waals surface area contributed by atoms with Gasteiger partial charge in [0.2, 0.25) is 0 Å². The van der Waals surface area contributed by atoms with Crippen molar-refractivity contribution in [3.8, 4) is 17.1 Å². The summed E-state index contributed by atoms with van der Waals surface area (Å²) < 4.78 is 29.0. The summed E-state index contributed by atoms with van der Waals surface area (Å²) in [6, 6.07) is 12.8. The molecule has 4 aromatic heterocycles. The van der Waals surface area contributed by atoms with E-state index in [4.69, 9.17) is 0 Å². The Kier molecular flexibility index (Phi) is 5.73. The SMILES string of the molecule is Cc1ccc(Nc2ccc3c(c2)ncn3-c2ccc(CC=O)c(-c3c(C)n[nH]c3C(F)F)n2)nn1. The first-order chi connectivity index (χ1) is 16.9. The maximum Gasteiger partial charge on any atom is 0.280 e. The van der Waals surface area contributed by atoms with E-state index >= 15 is 0 Å². The number of anilines is 2. The van der Waals surface area contributed by atoms with Gasteiger partial charge in [0, 0.05) is 12.1 Å². The summed E-state index contributed by atoms with van der Waals surface area (Å²) in [4.78, 5) is 20.4. The molecule has 0 spiro atoms. The number of carbonyl (C=O) groups excluding carboxylic acids is 1. The summed E-state index contributed by atoms with van der Waals surface area (Å²) in [5.74, 6) is 1.08. The predicted molar refractivity (Wildman–Crippen MR) is 126 cm³/mol. The Morgan fingerprint density at radius 3 is 2.71 bits per heavy atom. The number of carbonyl (C=O) groups is 1. The molecule has 0 aliphatic carbocycles. The van der Waals surface area contributed by atoms with Crippen LogP contribution in [0.4, 0.5) is 20.3 Å².